The SMILES string of the molecule is COC(=O)c1cnc(NCCCCCCSC)s1. The molecule has 1 aromatic heterocycles. The summed E-state index contributed by atoms with van der Waals surface area (Å²) in [5.74, 6) is 0.931. The zero-order valence-electron chi connectivity index (χ0n) is 10.9. The maximum absolute atomic E-state index is 11.2. The van der Waals surface area contributed by atoms with Gasteiger partial charge in [0.05, 0.1) is 13.3 Å². The third kappa shape index (κ3) is 5.73. The number of nitrogens with one attached hydrogen (secondary N) is 1. The minimum Gasteiger partial charge on any atom is -0.465 e. The molecule has 0 fully saturated rings. The molecule has 6 heteroatoms. The van der Waals surface area contributed by atoms with E-state index in [1.165, 1.54) is 43.5 Å². The number of carbonyl (C=O) groups is 1. The van der Waals surface area contributed by atoms with Gasteiger partial charge in [-0.25, -0.2) is 9.78 Å². The molecule has 1 aromatic rings. The highest BCUT2D eigenvalue weighted by Crippen LogP contribution is 2.18. The standard InChI is InChI=1S/C12H20N2O2S2/c1-16-11(15)10-9-14-12(18-10)13-7-5-3-4-6-8-17-2/h9H,3-8H2,1-2H3,(H,13,14). The first-order chi connectivity index (χ1) is 8.77. The van der Waals surface area contributed by atoms with E-state index < -0.39 is 0 Å². The van der Waals surface area contributed by atoms with E-state index in [1.807, 2.05) is 11.8 Å². The maximum Gasteiger partial charge on any atom is 0.349 e. The van der Waals surface area contributed by atoms with E-state index >= 15 is 0 Å². The number of thioether (sulfide) groups is 1. The number of hydrogen-bond donors (Lipinski definition) is 1. The second-order valence-electron chi connectivity index (χ2n) is 3.86. The fraction of sp³-hybridized carbons (Fsp3) is 0.667. The largest absolute Gasteiger partial charge is 0.465 e. The summed E-state index contributed by atoms with van der Waals surface area (Å²) in [5.41, 5.74) is 0. The average molecular weight is 288 g/mol. The molecule has 0 unspecified atom stereocenters. The number of thiazole rings is 1. The van der Waals surface area contributed by atoms with Crippen molar-refractivity contribution < 1.29 is 9.53 Å². The quantitative estimate of drug-likeness (QED) is 0.558. The van der Waals surface area contributed by atoms with E-state index in [1.54, 1.807) is 6.20 Å². The predicted molar refractivity (Wildman–Crippen MR) is 78.8 cm³/mol. The van der Waals surface area contributed by atoms with Gasteiger partial charge in [-0.2, -0.15) is 11.8 Å². The van der Waals surface area contributed by atoms with Crippen LogP contribution in [0.15, 0.2) is 6.20 Å². The zero-order valence-corrected chi connectivity index (χ0v) is 12.5. The van der Waals surface area contributed by atoms with Crippen molar-refractivity contribution in [2.75, 3.05) is 31.0 Å². The first-order valence-electron chi connectivity index (χ1n) is 6.05. The Balaban J connectivity index is 2.12. The van der Waals surface area contributed by atoms with Crippen molar-refractivity contribution in [3.63, 3.8) is 0 Å². The van der Waals surface area contributed by atoms with Crippen molar-refractivity contribution >= 4 is 34.2 Å². The summed E-state index contributed by atoms with van der Waals surface area (Å²) >= 11 is 3.24. The van der Waals surface area contributed by atoms with Gasteiger partial charge in [0.15, 0.2) is 5.13 Å². The lowest BCUT2D eigenvalue weighted by Gasteiger charge is -2.02. The van der Waals surface area contributed by atoms with Gasteiger partial charge in [-0.3, -0.25) is 0 Å². The predicted octanol–water partition coefficient (Wildman–Crippen LogP) is 3.27. The van der Waals surface area contributed by atoms with Gasteiger partial charge in [-0.05, 0) is 24.9 Å². The second kappa shape index (κ2) is 9.22. The van der Waals surface area contributed by atoms with Crippen LogP contribution in [0.4, 0.5) is 5.13 Å². The van der Waals surface area contributed by atoms with Gasteiger partial charge in [0, 0.05) is 6.54 Å². The highest BCUT2D eigenvalue weighted by molar-refractivity contribution is 7.98. The summed E-state index contributed by atoms with van der Waals surface area (Å²) in [7, 11) is 1.38. The molecule has 0 spiro atoms. The van der Waals surface area contributed by atoms with Crippen molar-refractivity contribution in [3.05, 3.63) is 11.1 Å². The molecular formula is C12H20N2O2S2. The fourth-order valence-electron chi connectivity index (χ4n) is 1.47. The number of nitrogens with zero attached hydrogens (tertiary/aromatic N) is 1. The fourth-order valence-corrected chi connectivity index (χ4v) is 2.72. The van der Waals surface area contributed by atoms with Gasteiger partial charge < -0.3 is 10.1 Å². The summed E-state index contributed by atoms with van der Waals surface area (Å²) in [5, 5.41) is 4.02. The molecule has 0 saturated carbocycles. The Morgan fingerprint density at radius 1 is 1.44 bits per heavy atom. The van der Waals surface area contributed by atoms with Crippen LogP contribution in [0, 0.1) is 0 Å². The van der Waals surface area contributed by atoms with Crippen LogP contribution in [0.25, 0.3) is 0 Å². The van der Waals surface area contributed by atoms with Crippen molar-refractivity contribution in [2.24, 2.45) is 0 Å². The van der Waals surface area contributed by atoms with E-state index in [4.69, 9.17) is 0 Å². The summed E-state index contributed by atoms with van der Waals surface area (Å²) in [4.78, 5) is 15.9. The average Bonchev–Trinajstić information content (AvgIpc) is 2.85. The number of aromatic nitrogens is 1. The number of anilines is 1. The Hall–Kier alpha value is -0.750. The van der Waals surface area contributed by atoms with Crippen LogP contribution in [0.2, 0.25) is 0 Å². The van der Waals surface area contributed by atoms with Crippen molar-refractivity contribution in [1.29, 1.82) is 0 Å². The van der Waals surface area contributed by atoms with Crippen LogP contribution in [-0.4, -0.2) is 36.6 Å². The van der Waals surface area contributed by atoms with E-state index in [0.29, 0.717) is 4.88 Å². The van der Waals surface area contributed by atoms with Gasteiger partial charge in [0.25, 0.3) is 0 Å². The monoisotopic (exact) mass is 288 g/mol. The molecule has 0 atom stereocenters. The lowest BCUT2D eigenvalue weighted by molar-refractivity contribution is 0.0606. The van der Waals surface area contributed by atoms with E-state index in [-0.39, 0.29) is 5.97 Å². The third-order valence-electron chi connectivity index (χ3n) is 2.44. The molecule has 1 N–H and O–H groups in total. The molecular weight excluding hydrogens is 268 g/mol. The van der Waals surface area contributed by atoms with Crippen LogP contribution >= 0.6 is 23.1 Å². The minimum atomic E-state index is -0.322. The van der Waals surface area contributed by atoms with E-state index in [2.05, 4.69) is 21.3 Å². The molecule has 0 aliphatic carbocycles. The summed E-state index contributed by atoms with van der Waals surface area (Å²) in [6.07, 6.45) is 8.66. The topological polar surface area (TPSA) is 51.2 Å². The Labute approximate surface area is 117 Å². The molecule has 102 valence electrons. The molecule has 0 aromatic carbocycles. The lowest BCUT2D eigenvalue weighted by Crippen LogP contribution is -2.00. The van der Waals surface area contributed by atoms with Crippen LogP contribution in [0.1, 0.15) is 35.4 Å². The number of rotatable bonds is 9. The first-order valence-corrected chi connectivity index (χ1v) is 8.26. The number of hydrogen-bond acceptors (Lipinski definition) is 6. The number of unbranched alkanes of at least 4 members (excludes halogenated alkanes) is 3. The molecule has 1 heterocycles. The molecule has 0 aliphatic rings. The van der Waals surface area contributed by atoms with Gasteiger partial charge in [-0.15, -0.1) is 0 Å². The Kier molecular flexibility index (Phi) is 7.84. The minimum absolute atomic E-state index is 0.322. The molecule has 1 rings (SSSR count). The maximum atomic E-state index is 11.2. The Bertz CT molecular complexity index is 356. The third-order valence-corrected chi connectivity index (χ3v) is 4.08. The van der Waals surface area contributed by atoms with Crippen molar-refractivity contribution in [3.8, 4) is 0 Å². The molecule has 0 radical (unpaired) electrons. The van der Waals surface area contributed by atoms with E-state index in [9.17, 15) is 4.79 Å². The van der Waals surface area contributed by atoms with Gasteiger partial charge in [-0.1, -0.05) is 24.2 Å². The number of ether oxygens (including phenoxy) is 1. The van der Waals surface area contributed by atoms with Crippen LogP contribution in [0.3, 0.4) is 0 Å². The highest BCUT2D eigenvalue weighted by atomic mass is 32.2. The molecule has 0 saturated heterocycles. The van der Waals surface area contributed by atoms with Crippen molar-refractivity contribution in [2.45, 2.75) is 25.7 Å². The number of esters is 1. The number of methoxy groups -OCH3 is 1. The van der Waals surface area contributed by atoms with Gasteiger partial charge >= 0.3 is 5.97 Å². The van der Waals surface area contributed by atoms with Crippen LogP contribution in [0.5, 0.6) is 0 Å². The smallest absolute Gasteiger partial charge is 0.349 e. The molecule has 0 bridgehead atoms. The first kappa shape index (κ1) is 15.3. The lowest BCUT2D eigenvalue weighted by atomic mass is 10.2. The normalized spacial score (nSPS) is 10.3. The molecule has 4 nitrogen and oxygen atoms in total. The molecule has 18 heavy (non-hydrogen) atoms. The van der Waals surface area contributed by atoms with Crippen LogP contribution < -0.4 is 5.32 Å². The van der Waals surface area contributed by atoms with E-state index in [0.717, 1.165) is 18.1 Å². The Morgan fingerprint density at radius 3 is 2.94 bits per heavy atom. The Morgan fingerprint density at radius 2 is 2.22 bits per heavy atom. The molecule has 0 amide bonds. The summed E-state index contributed by atoms with van der Waals surface area (Å²) in [6, 6.07) is 0. The summed E-state index contributed by atoms with van der Waals surface area (Å²) in [6.45, 7) is 0.910. The molecule has 0 aliphatic heterocycles. The van der Waals surface area contributed by atoms with Gasteiger partial charge in [0.1, 0.15) is 4.88 Å². The van der Waals surface area contributed by atoms with Gasteiger partial charge in [0.2, 0.25) is 0 Å². The second-order valence-corrected chi connectivity index (χ2v) is 5.87. The highest BCUT2D eigenvalue weighted by Gasteiger charge is 2.09. The number of carbonyl (C=O) groups excluding carboxylic acids is 1. The van der Waals surface area contributed by atoms with Crippen molar-refractivity contribution in [1.82, 2.24) is 4.98 Å². The zero-order chi connectivity index (χ0) is 13.2. The van der Waals surface area contributed by atoms with Crippen LogP contribution in [-0.2, 0) is 4.74 Å². The summed E-state index contributed by atoms with van der Waals surface area (Å²) < 4.78 is 4.63.